The van der Waals surface area contributed by atoms with E-state index in [1.165, 1.54) is 13.8 Å². The maximum atomic E-state index is 11.4. The Morgan fingerprint density at radius 2 is 2.33 bits per heavy atom. The van der Waals surface area contributed by atoms with Gasteiger partial charge in [-0.2, -0.15) is 0 Å². The van der Waals surface area contributed by atoms with Crippen molar-refractivity contribution in [2.75, 3.05) is 26.9 Å². The third-order valence-electron chi connectivity index (χ3n) is 2.63. The molecule has 0 bridgehead atoms. The van der Waals surface area contributed by atoms with Crippen LogP contribution in [0, 0.1) is 0 Å². The molecule has 0 saturated carbocycles. The van der Waals surface area contributed by atoms with Crippen LogP contribution in [-0.4, -0.2) is 49.1 Å². The molecule has 0 radical (unpaired) electrons. The van der Waals surface area contributed by atoms with Crippen LogP contribution in [0.3, 0.4) is 0 Å². The molecule has 1 unspecified atom stereocenters. The Morgan fingerprint density at radius 3 is 2.73 bits per heavy atom. The highest BCUT2D eigenvalue weighted by molar-refractivity contribution is 5.83. The smallest absolute Gasteiger partial charge is 0.251 e. The van der Waals surface area contributed by atoms with Crippen molar-refractivity contribution in [3.8, 4) is 0 Å². The zero-order valence-corrected chi connectivity index (χ0v) is 9.50. The standard InChI is InChI=1S/C10H19NO4/c1-9(2,13)8(12)11-6-10(14-3)4-5-15-7-10/h13H,4-7H2,1-3H3,(H,11,12). The van der Waals surface area contributed by atoms with Gasteiger partial charge in [-0.25, -0.2) is 0 Å². The van der Waals surface area contributed by atoms with Gasteiger partial charge in [0.25, 0.3) is 5.91 Å². The molecule has 15 heavy (non-hydrogen) atoms. The van der Waals surface area contributed by atoms with Crippen LogP contribution < -0.4 is 5.32 Å². The first-order valence-electron chi connectivity index (χ1n) is 5.03. The van der Waals surface area contributed by atoms with E-state index in [-0.39, 0.29) is 0 Å². The van der Waals surface area contributed by atoms with Crippen LogP contribution >= 0.6 is 0 Å². The van der Waals surface area contributed by atoms with Crippen LogP contribution in [0.15, 0.2) is 0 Å². The Hall–Kier alpha value is -0.650. The largest absolute Gasteiger partial charge is 0.381 e. The lowest BCUT2D eigenvalue weighted by atomic mass is 10.0. The molecule has 1 aliphatic heterocycles. The number of carbonyl (C=O) groups is 1. The fraction of sp³-hybridized carbons (Fsp3) is 0.900. The van der Waals surface area contributed by atoms with Gasteiger partial charge in [-0.1, -0.05) is 0 Å². The van der Waals surface area contributed by atoms with Gasteiger partial charge in [0.2, 0.25) is 0 Å². The number of rotatable bonds is 4. The number of carbonyl (C=O) groups excluding carboxylic acids is 1. The van der Waals surface area contributed by atoms with E-state index < -0.39 is 17.1 Å². The van der Waals surface area contributed by atoms with Gasteiger partial charge in [0.15, 0.2) is 0 Å². The number of nitrogens with one attached hydrogen (secondary N) is 1. The van der Waals surface area contributed by atoms with Gasteiger partial charge in [-0.3, -0.25) is 4.79 Å². The lowest BCUT2D eigenvalue weighted by molar-refractivity contribution is -0.138. The van der Waals surface area contributed by atoms with Crippen LogP contribution in [0.1, 0.15) is 20.3 Å². The fourth-order valence-electron chi connectivity index (χ4n) is 1.42. The highest BCUT2D eigenvalue weighted by atomic mass is 16.5. The molecule has 5 heteroatoms. The predicted molar refractivity (Wildman–Crippen MR) is 54.5 cm³/mol. The van der Waals surface area contributed by atoms with Gasteiger partial charge in [0.05, 0.1) is 6.61 Å². The number of ether oxygens (including phenoxy) is 2. The van der Waals surface area contributed by atoms with Gasteiger partial charge in [0.1, 0.15) is 11.2 Å². The van der Waals surface area contributed by atoms with Gasteiger partial charge < -0.3 is 19.9 Å². The van der Waals surface area contributed by atoms with Crippen LogP contribution in [-0.2, 0) is 14.3 Å². The molecule has 5 nitrogen and oxygen atoms in total. The predicted octanol–water partition coefficient (Wildman–Crippen LogP) is -0.321. The normalized spacial score (nSPS) is 26.7. The number of methoxy groups -OCH3 is 1. The number of hydrogen-bond acceptors (Lipinski definition) is 4. The Bertz CT molecular complexity index is 228. The second kappa shape index (κ2) is 4.47. The lowest BCUT2D eigenvalue weighted by Crippen LogP contribution is -2.50. The fourth-order valence-corrected chi connectivity index (χ4v) is 1.42. The van der Waals surface area contributed by atoms with E-state index in [1.54, 1.807) is 7.11 Å². The van der Waals surface area contributed by atoms with Crippen molar-refractivity contribution < 1.29 is 19.4 Å². The van der Waals surface area contributed by atoms with Crippen molar-refractivity contribution in [1.82, 2.24) is 5.32 Å². The van der Waals surface area contributed by atoms with E-state index in [0.717, 1.165) is 6.42 Å². The molecular formula is C10H19NO4. The van der Waals surface area contributed by atoms with E-state index >= 15 is 0 Å². The molecule has 1 saturated heterocycles. The molecule has 1 rings (SSSR count). The molecular weight excluding hydrogens is 198 g/mol. The Kier molecular flexibility index (Phi) is 3.70. The Morgan fingerprint density at radius 1 is 1.67 bits per heavy atom. The number of aliphatic hydroxyl groups is 1. The zero-order chi connectivity index (χ0) is 11.5. The van der Waals surface area contributed by atoms with E-state index in [4.69, 9.17) is 9.47 Å². The first-order chi connectivity index (χ1) is 6.90. The highest BCUT2D eigenvalue weighted by Gasteiger charge is 2.36. The van der Waals surface area contributed by atoms with Gasteiger partial charge in [0, 0.05) is 26.7 Å². The average Bonchev–Trinajstić information content (AvgIpc) is 2.62. The summed E-state index contributed by atoms with van der Waals surface area (Å²) in [5.41, 5.74) is -1.78. The van der Waals surface area contributed by atoms with E-state index in [9.17, 15) is 9.90 Å². The molecule has 0 aromatic rings. The minimum atomic E-state index is -1.35. The number of amides is 1. The highest BCUT2D eigenvalue weighted by Crippen LogP contribution is 2.21. The Balaban J connectivity index is 2.45. The first kappa shape index (κ1) is 12.4. The summed E-state index contributed by atoms with van der Waals surface area (Å²) in [6.07, 6.45) is 0.760. The summed E-state index contributed by atoms with van der Waals surface area (Å²) < 4.78 is 10.6. The quantitative estimate of drug-likeness (QED) is 0.677. The molecule has 1 heterocycles. The Labute approximate surface area is 89.8 Å². The van der Waals surface area contributed by atoms with Crippen molar-refractivity contribution in [3.05, 3.63) is 0 Å². The molecule has 0 spiro atoms. The van der Waals surface area contributed by atoms with Gasteiger partial charge >= 0.3 is 0 Å². The zero-order valence-electron chi connectivity index (χ0n) is 9.50. The van der Waals surface area contributed by atoms with Crippen molar-refractivity contribution in [2.45, 2.75) is 31.5 Å². The monoisotopic (exact) mass is 217 g/mol. The van der Waals surface area contributed by atoms with Gasteiger partial charge in [-0.05, 0) is 13.8 Å². The summed E-state index contributed by atoms with van der Waals surface area (Å²) in [7, 11) is 1.60. The average molecular weight is 217 g/mol. The minimum absolute atomic E-state index is 0.367. The van der Waals surface area contributed by atoms with Crippen LogP contribution in [0.4, 0.5) is 0 Å². The molecule has 0 aromatic carbocycles. The SMILES string of the molecule is COC1(CNC(=O)C(C)(C)O)CCOC1. The van der Waals surface area contributed by atoms with E-state index in [0.29, 0.717) is 19.8 Å². The summed E-state index contributed by atoms with van der Waals surface area (Å²) in [5, 5.41) is 12.1. The molecule has 88 valence electrons. The van der Waals surface area contributed by atoms with Crippen LogP contribution in [0.2, 0.25) is 0 Å². The summed E-state index contributed by atoms with van der Waals surface area (Å²) in [6.45, 7) is 4.40. The molecule has 1 fully saturated rings. The van der Waals surface area contributed by atoms with E-state index in [1.807, 2.05) is 0 Å². The molecule has 0 aliphatic carbocycles. The van der Waals surface area contributed by atoms with E-state index in [2.05, 4.69) is 5.32 Å². The molecule has 1 amide bonds. The second-order valence-electron chi connectivity index (χ2n) is 4.43. The molecule has 0 aromatic heterocycles. The van der Waals surface area contributed by atoms with Crippen LogP contribution in [0.5, 0.6) is 0 Å². The maximum Gasteiger partial charge on any atom is 0.251 e. The summed E-state index contributed by atoms with van der Waals surface area (Å²) in [6, 6.07) is 0. The molecule has 1 aliphatic rings. The molecule has 2 N–H and O–H groups in total. The first-order valence-corrected chi connectivity index (χ1v) is 5.03. The van der Waals surface area contributed by atoms with Crippen molar-refractivity contribution in [2.24, 2.45) is 0 Å². The summed E-state index contributed by atoms with van der Waals surface area (Å²) in [4.78, 5) is 11.4. The van der Waals surface area contributed by atoms with Crippen molar-refractivity contribution in [3.63, 3.8) is 0 Å². The van der Waals surface area contributed by atoms with Crippen molar-refractivity contribution >= 4 is 5.91 Å². The summed E-state index contributed by atoms with van der Waals surface area (Å²) >= 11 is 0. The summed E-state index contributed by atoms with van der Waals surface area (Å²) in [5.74, 6) is -0.397. The van der Waals surface area contributed by atoms with Crippen LogP contribution in [0.25, 0.3) is 0 Å². The second-order valence-corrected chi connectivity index (χ2v) is 4.43. The lowest BCUT2D eigenvalue weighted by Gasteiger charge is -2.27. The van der Waals surface area contributed by atoms with Gasteiger partial charge in [-0.15, -0.1) is 0 Å². The third kappa shape index (κ3) is 3.15. The minimum Gasteiger partial charge on any atom is -0.381 e. The third-order valence-corrected chi connectivity index (χ3v) is 2.63. The topological polar surface area (TPSA) is 67.8 Å². The molecule has 1 atom stereocenters. The van der Waals surface area contributed by atoms with Crippen molar-refractivity contribution in [1.29, 1.82) is 0 Å². The number of hydrogen-bond donors (Lipinski definition) is 2. The maximum absolute atomic E-state index is 11.4.